The Bertz CT molecular complexity index is 377. The zero-order valence-corrected chi connectivity index (χ0v) is 10.4. The summed E-state index contributed by atoms with van der Waals surface area (Å²) in [6.07, 6.45) is 1.06. The highest BCUT2D eigenvalue weighted by Gasteiger charge is 2.32. The Morgan fingerprint density at radius 2 is 2.06 bits per heavy atom. The first kappa shape index (κ1) is 12.1. The molecule has 1 aromatic rings. The predicted molar refractivity (Wildman–Crippen MR) is 66.5 cm³/mol. The number of amides is 1. The SMILES string of the molecule is CC[C@@H]1[C@@H](C)OCC(=O)N1Cc1ccccc1. The van der Waals surface area contributed by atoms with Gasteiger partial charge < -0.3 is 9.64 Å². The number of carbonyl (C=O) groups excluding carboxylic acids is 1. The van der Waals surface area contributed by atoms with Crippen LogP contribution in [-0.4, -0.2) is 29.6 Å². The van der Waals surface area contributed by atoms with E-state index in [1.807, 2.05) is 30.0 Å². The smallest absolute Gasteiger partial charge is 0.249 e. The lowest BCUT2D eigenvalue weighted by atomic mass is 10.0. The molecule has 0 spiro atoms. The molecule has 0 saturated carbocycles. The van der Waals surface area contributed by atoms with Gasteiger partial charge in [0.2, 0.25) is 5.91 Å². The van der Waals surface area contributed by atoms with Gasteiger partial charge in [0.25, 0.3) is 0 Å². The number of benzene rings is 1. The van der Waals surface area contributed by atoms with Crippen molar-refractivity contribution in [2.75, 3.05) is 6.61 Å². The summed E-state index contributed by atoms with van der Waals surface area (Å²) >= 11 is 0. The van der Waals surface area contributed by atoms with E-state index in [9.17, 15) is 4.79 Å². The molecule has 17 heavy (non-hydrogen) atoms. The van der Waals surface area contributed by atoms with Gasteiger partial charge in [0.15, 0.2) is 0 Å². The van der Waals surface area contributed by atoms with Crippen molar-refractivity contribution in [3.05, 3.63) is 35.9 Å². The van der Waals surface area contributed by atoms with E-state index in [1.165, 1.54) is 5.56 Å². The Morgan fingerprint density at radius 3 is 2.71 bits per heavy atom. The fourth-order valence-electron chi connectivity index (χ4n) is 2.37. The molecule has 0 bridgehead atoms. The van der Waals surface area contributed by atoms with Crippen LogP contribution in [0, 0.1) is 0 Å². The maximum absolute atomic E-state index is 11.9. The van der Waals surface area contributed by atoms with Gasteiger partial charge in [0.1, 0.15) is 6.61 Å². The van der Waals surface area contributed by atoms with E-state index >= 15 is 0 Å². The third-order valence-corrected chi connectivity index (χ3v) is 3.35. The van der Waals surface area contributed by atoms with E-state index in [2.05, 4.69) is 19.1 Å². The third-order valence-electron chi connectivity index (χ3n) is 3.35. The normalized spacial score (nSPS) is 25.1. The maximum atomic E-state index is 11.9. The van der Waals surface area contributed by atoms with Gasteiger partial charge in [-0.1, -0.05) is 37.3 Å². The lowest BCUT2D eigenvalue weighted by molar-refractivity contribution is -0.156. The van der Waals surface area contributed by atoms with Crippen LogP contribution >= 0.6 is 0 Å². The summed E-state index contributed by atoms with van der Waals surface area (Å²) in [4.78, 5) is 13.9. The topological polar surface area (TPSA) is 29.5 Å². The molecular formula is C14H19NO2. The van der Waals surface area contributed by atoms with E-state index in [4.69, 9.17) is 4.74 Å². The second-order valence-corrected chi connectivity index (χ2v) is 4.50. The number of carbonyl (C=O) groups is 1. The average molecular weight is 233 g/mol. The molecule has 0 aromatic heterocycles. The van der Waals surface area contributed by atoms with Crippen molar-refractivity contribution in [2.45, 2.75) is 39.0 Å². The van der Waals surface area contributed by atoms with Gasteiger partial charge in [-0.3, -0.25) is 4.79 Å². The minimum absolute atomic E-state index is 0.0961. The minimum Gasteiger partial charge on any atom is -0.367 e. The van der Waals surface area contributed by atoms with Crippen LogP contribution in [0.1, 0.15) is 25.8 Å². The highest BCUT2D eigenvalue weighted by atomic mass is 16.5. The van der Waals surface area contributed by atoms with Gasteiger partial charge in [-0.05, 0) is 18.9 Å². The van der Waals surface area contributed by atoms with Crippen molar-refractivity contribution in [3.8, 4) is 0 Å². The molecule has 1 aliphatic heterocycles. The third kappa shape index (κ3) is 2.67. The van der Waals surface area contributed by atoms with Crippen molar-refractivity contribution >= 4 is 5.91 Å². The van der Waals surface area contributed by atoms with Gasteiger partial charge in [-0.2, -0.15) is 0 Å². The highest BCUT2D eigenvalue weighted by Crippen LogP contribution is 2.20. The van der Waals surface area contributed by atoms with Crippen LogP contribution in [0.2, 0.25) is 0 Å². The molecule has 1 aromatic carbocycles. The van der Waals surface area contributed by atoms with Crippen molar-refractivity contribution < 1.29 is 9.53 Å². The molecule has 3 nitrogen and oxygen atoms in total. The van der Waals surface area contributed by atoms with Crippen LogP contribution in [0.4, 0.5) is 0 Å². The highest BCUT2D eigenvalue weighted by molar-refractivity contribution is 5.78. The summed E-state index contributed by atoms with van der Waals surface area (Å²) in [6.45, 7) is 5.04. The van der Waals surface area contributed by atoms with Gasteiger partial charge >= 0.3 is 0 Å². The Kier molecular flexibility index (Phi) is 3.79. The van der Waals surface area contributed by atoms with E-state index < -0.39 is 0 Å². The summed E-state index contributed by atoms with van der Waals surface area (Å²) in [5.41, 5.74) is 1.17. The average Bonchev–Trinajstić information content (AvgIpc) is 2.35. The van der Waals surface area contributed by atoms with Crippen molar-refractivity contribution in [3.63, 3.8) is 0 Å². The molecule has 1 saturated heterocycles. The van der Waals surface area contributed by atoms with Crippen LogP contribution in [0.3, 0.4) is 0 Å². The standard InChI is InChI=1S/C14H19NO2/c1-3-13-11(2)17-10-14(16)15(13)9-12-7-5-4-6-8-12/h4-8,11,13H,3,9-10H2,1-2H3/t11-,13-/m1/s1. The summed E-state index contributed by atoms with van der Waals surface area (Å²) in [6, 6.07) is 10.3. The molecule has 3 heteroatoms. The van der Waals surface area contributed by atoms with Gasteiger partial charge in [-0.25, -0.2) is 0 Å². The Balaban J connectivity index is 2.13. The first-order valence-electron chi connectivity index (χ1n) is 6.17. The van der Waals surface area contributed by atoms with Gasteiger partial charge in [0.05, 0.1) is 12.1 Å². The summed E-state index contributed by atoms with van der Waals surface area (Å²) in [7, 11) is 0. The minimum atomic E-state index is 0.0961. The molecule has 2 atom stereocenters. The van der Waals surface area contributed by atoms with E-state index in [1.54, 1.807) is 0 Å². The number of hydrogen-bond donors (Lipinski definition) is 0. The maximum Gasteiger partial charge on any atom is 0.249 e. The number of nitrogens with zero attached hydrogens (tertiary/aromatic N) is 1. The lowest BCUT2D eigenvalue weighted by Gasteiger charge is -2.39. The summed E-state index contributed by atoms with van der Waals surface area (Å²) < 4.78 is 5.47. The Morgan fingerprint density at radius 1 is 1.35 bits per heavy atom. The van der Waals surface area contributed by atoms with E-state index in [-0.39, 0.29) is 24.7 Å². The van der Waals surface area contributed by atoms with Crippen molar-refractivity contribution in [1.29, 1.82) is 0 Å². The largest absolute Gasteiger partial charge is 0.367 e. The summed E-state index contributed by atoms with van der Waals surface area (Å²) in [5.74, 6) is 0.0961. The number of ether oxygens (including phenoxy) is 1. The zero-order chi connectivity index (χ0) is 12.3. The molecule has 92 valence electrons. The van der Waals surface area contributed by atoms with Crippen LogP contribution in [0.25, 0.3) is 0 Å². The molecular weight excluding hydrogens is 214 g/mol. The molecule has 0 N–H and O–H groups in total. The Labute approximate surface area is 102 Å². The molecule has 1 heterocycles. The molecule has 1 aliphatic rings. The monoisotopic (exact) mass is 233 g/mol. The first-order chi connectivity index (χ1) is 8.22. The zero-order valence-electron chi connectivity index (χ0n) is 10.4. The predicted octanol–water partition coefficient (Wildman–Crippen LogP) is 2.21. The Hall–Kier alpha value is -1.35. The number of rotatable bonds is 3. The van der Waals surface area contributed by atoms with Crippen molar-refractivity contribution in [1.82, 2.24) is 4.90 Å². The first-order valence-corrected chi connectivity index (χ1v) is 6.17. The van der Waals surface area contributed by atoms with Crippen LogP contribution in [0.15, 0.2) is 30.3 Å². The molecule has 1 fully saturated rings. The molecule has 1 amide bonds. The van der Waals surface area contributed by atoms with Crippen molar-refractivity contribution in [2.24, 2.45) is 0 Å². The fraction of sp³-hybridized carbons (Fsp3) is 0.500. The number of hydrogen-bond acceptors (Lipinski definition) is 2. The van der Waals surface area contributed by atoms with Gasteiger partial charge in [-0.15, -0.1) is 0 Å². The van der Waals surface area contributed by atoms with E-state index in [0.29, 0.717) is 6.54 Å². The molecule has 0 unspecified atom stereocenters. The molecule has 2 rings (SSSR count). The molecule has 0 radical (unpaired) electrons. The van der Waals surface area contributed by atoms with Gasteiger partial charge in [0, 0.05) is 6.54 Å². The summed E-state index contributed by atoms with van der Waals surface area (Å²) in [5, 5.41) is 0. The number of morpholine rings is 1. The van der Waals surface area contributed by atoms with Crippen LogP contribution < -0.4 is 0 Å². The second-order valence-electron chi connectivity index (χ2n) is 4.50. The fourth-order valence-corrected chi connectivity index (χ4v) is 2.37. The van der Waals surface area contributed by atoms with E-state index in [0.717, 1.165) is 6.42 Å². The quantitative estimate of drug-likeness (QED) is 0.801. The van der Waals surface area contributed by atoms with Crippen LogP contribution in [-0.2, 0) is 16.1 Å². The second kappa shape index (κ2) is 5.32. The molecule has 0 aliphatic carbocycles. The lowest BCUT2D eigenvalue weighted by Crippen LogP contribution is -2.52. The van der Waals surface area contributed by atoms with Crippen LogP contribution in [0.5, 0.6) is 0 Å².